The summed E-state index contributed by atoms with van der Waals surface area (Å²) < 4.78 is 7.12. The summed E-state index contributed by atoms with van der Waals surface area (Å²) in [5.41, 5.74) is 3.90. The molecule has 0 spiro atoms. The van der Waals surface area contributed by atoms with Crippen LogP contribution in [0.4, 0.5) is 0 Å². The molecule has 0 atom stereocenters. The van der Waals surface area contributed by atoms with Crippen molar-refractivity contribution in [2.24, 2.45) is 0 Å². The van der Waals surface area contributed by atoms with Gasteiger partial charge in [-0.3, -0.25) is 4.79 Å². The molecule has 8 heteroatoms. The summed E-state index contributed by atoms with van der Waals surface area (Å²) >= 11 is 1.36. The maximum Gasteiger partial charge on any atom is 0.230 e. The largest absolute Gasteiger partial charge is 0.467 e. The van der Waals surface area contributed by atoms with E-state index >= 15 is 0 Å². The zero-order chi connectivity index (χ0) is 21.1. The predicted molar refractivity (Wildman–Crippen MR) is 117 cm³/mol. The number of nitrogens with zero attached hydrogens (tertiary/aromatic N) is 4. The monoisotopic (exact) mass is 421 g/mol. The van der Waals surface area contributed by atoms with Crippen LogP contribution in [0.25, 0.3) is 16.6 Å². The van der Waals surface area contributed by atoms with E-state index in [1.807, 2.05) is 29.1 Å². The van der Waals surface area contributed by atoms with Gasteiger partial charge in [-0.1, -0.05) is 43.3 Å². The Labute approximate surface area is 178 Å². The van der Waals surface area contributed by atoms with Gasteiger partial charge in [0.05, 0.1) is 36.1 Å². The van der Waals surface area contributed by atoms with Crippen molar-refractivity contribution in [2.45, 2.75) is 38.3 Å². The highest BCUT2D eigenvalue weighted by Gasteiger charge is 2.19. The third-order valence-corrected chi connectivity index (χ3v) is 5.66. The van der Waals surface area contributed by atoms with Crippen LogP contribution in [0.2, 0.25) is 0 Å². The summed E-state index contributed by atoms with van der Waals surface area (Å²) in [6.07, 6.45) is 3.42. The molecule has 0 bridgehead atoms. The van der Waals surface area contributed by atoms with E-state index in [2.05, 4.69) is 53.5 Å². The van der Waals surface area contributed by atoms with E-state index in [4.69, 9.17) is 4.42 Å². The van der Waals surface area contributed by atoms with Gasteiger partial charge in [0, 0.05) is 5.39 Å². The molecule has 0 unspecified atom stereocenters. The highest BCUT2D eigenvalue weighted by molar-refractivity contribution is 8.00. The average molecular weight is 422 g/mol. The van der Waals surface area contributed by atoms with Crippen LogP contribution in [-0.4, -0.2) is 31.6 Å². The number of nitrogens with one attached hydrogen (secondary N) is 1. The number of fused-ring (bicyclic) bond motifs is 1. The fourth-order valence-corrected chi connectivity index (χ4v) is 3.93. The summed E-state index contributed by atoms with van der Waals surface area (Å²) in [5, 5.41) is 18.0. The first-order valence-electron chi connectivity index (χ1n) is 9.76. The van der Waals surface area contributed by atoms with Crippen LogP contribution < -0.4 is 5.32 Å². The minimum absolute atomic E-state index is 0.0966. The lowest BCUT2D eigenvalue weighted by Gasteiger charge is -2.11. The highest BCUT2D eigenvalue weighted by atomic mass is 32.2. The van der Waals surface area contributed by atoms with Crippen LogP contribution in [0, 0.1) is 6.92 Å². The highest BCUT2D eigenvalue weighted by Crippen LogP contribution is 2.31. The van der Waals surface area contributed by atoms with Crippen LogP contribution in [-0.2, 0) is 11.3 Å². The number of hydrogen-bond acceptors (Lipinski definition) is 6. The first-order valence-corrected chi connectivity index (χ1v) is 10.7. The van der Waals surface area contributed by atoms with Gasteiger partial charge >= 0.3 is 0 Å². The molecule has 0 aliphatic carbocycles. The third kappa shape index (κ3) is 4.23. The second-order valence-electron chi connectivity index (χ2n) is 7.34. The van der Waals surface area contributed by atoms with E-state index in [1.54, 1.807) is 12.3 Å². The SMILES string of the molecule is Cc1ccc(-n2ncc3c(C(C)C)nnc(SCC(=O)NCc4ccco4)c32)cc1. The summed E-state index contributed by atoms with van der Waals surface area (Å²) in [6, 6.07) is 11.8. The zero-order valence-electron chi connectivity index (χ0n) is 17.1. The molecule has 0 aliphatic heterocycles. The molecule has 1 aromatic carbocycles. The molecule has 4 rings (SSSR count). The normalized spacial score (nSPS) is 11.3. The lowest BCUT2D eigenvalue weighted by atomic mass is 10.1. The van der Waals surface area contributed by atoms with Gasteiger partial charge in [-0.15, -0.1) is 5.10 Å². The topological polar surface area (TPSA) is 85.8 Å². The maximum absolute atomic E-state index is 12.3. The number of aryl methyl sites for hydroxylation is 1. The summed E-state index contributed by atoms with van der Waals surface area (Å²) in [4.78, 5) is 12.3. The molecule has 1 N–H and O–H groups in total. The van der Waals surface area contributed by atoms with Crippen LogP contribution in [0.3, 0.4) is 0 Å². The van der Waals surface area contributed by atoms with E-state index in [0.29, 0.717) is 17.3 Å². The van der Waals surface area contributed by atoms with E-state index in [-0.39, 0.29) is 17.6 Å². The van der Waals surface area contributed by atoms with Gasteiger partial charge < -0.3 is 9.73 Å². The smallest absolute Gasteiger partial charge is 0.230 e. The molecule has 0 saturated carbocycles. The minimum atomic E-state index is -0.0966. The molecule has 4 aromatic rings. The Balaban J connectivity index is 1.61. The molecule has 0 fully saturated rings. The Morgan fingerprint density at radius 2 is 2.00 bits per heavy atom. The standard InChI is InChI=1S/C22H23N5O2S/c1-14(2)20-18-12-24-27(16-8-6-15(3)7-9-16)21(18)22(26-25-20)30-13-19(28)23-11-17-5-4-10-29-17/h4-10,12,14H,11,13H2,1-3H3,(H,23,28). The first-order chi connectivity index (χ1) is 14.5. The minimum Gasteiger partial charge on any atom is -0.467 e. The molecule has 1 amide bonds. The number of rotatable bonds is 7. The second-order valence-corrected chi connectivity index (χ2v) is 8.31. The molecule has 30 heavy (non-hydrogen) atoms. The fourth-order valence-electron chi connectivity index (χ4n) is 3.13. The van der Waals surface area contributed by atoms with E-state index in [1.165, 1.54) is 17.3 Å². The Hall–Kier alpha value is -3.13. The number of thioether (sulfide) groups is 1. The van der Waals surface area contributed by atoms with Crippen molar-refractivity contribution in [3.63, 3.8) is 0 Å². The average Bonchev–Trinajstić information content (AvgIpc) is 3.41. The van der Waals surface area contributed by atoms with Crippen molar-refractivity contribution >= 4 is 28.6 Å². The zero-order valence-corrected chi connectivity index (χ0v) is 17.9. The van der Waals surface area contributed by atoms with E-state index in [9.17, 15) is 4.79 Å². The molecule has 154 valence electrons. The Bertz CT molecular complexity index is 1150. The van der Waals surface area contributed by atoms with E-state index < -0.39 is 0 Å². The van der Waals surface area contributed by atoms with Crippen LogP contribution in [0.5, 0.6) is 0 Å². The number of benzene rings is 1. The number of aromatic nitrogens is 4. The maximum atomic E-state index is 12.3. The Morgan fingerprint density at radius 1 is 1.20 bits per heavy atom. The van der Waals surface area contributed by atoms with Gasteiger partial charge in [-0.05, 0) is 37.1 Å². The van der Waals surface area contributed by atoms with Crippen molar-refractivity contribution < 1.29 is 9.21 Å². The molecular weight excluding hydrogens is 398 g/mol. The third-order valence-electron chi connectivity index (χ3n) is 4.70. The molecule has 7 nitrogen and oxygen atoms in total. The molecule has 3 heterocycles. The van der Waals surface area contributed by atoms with Gasteiger partial charge in [-0.25, -0.2) is 4.68 Å². The first kappa shape index (κ1) is 20.2. The van der Waals surface area contributed by atoms with Crippen molar-refractivity contribution in [1.82, 2.24) is 25.3 Å². The van der Waals surface area contributed by atoms with Crippen LogP contribution in [0.1, 0.15) is 36.8 Å². The molecule has 0 aliphatic rings. The molecule has 0 radical (unpaired) electrons. The van der Waals surface area contributed by atoms with Gasteiger partial charge in [0.2, 0.25) is 5.91 Å². The number of furan rings is 1. The molecule has 0 saturated heterocycles. The van der Waals surface area contributed by atoms with E-state index in [0.717, 1.165) is 22.3 Å². The Morgan fingerprint density at radius 3 is 2.70 bits per heavy atom. The lowest BCUT2D eigenvalue weighted by molar-refractivity contribution is -0.118. The number of amides is 1. The predicted octanol–water partition coefficient (Wildman–Crippen LogP) is 4.25. The van der Waals surface area contributed by atoms with Crippen molar-refractivity contribution in [3.8, 4) is 5.69 Å². The van der Waals surface area contributed by atoms with Crippen LogP contribution in [0.15, 0.2) is 58.3 Å². The Kier molecular flexibility index (Phi) is 5.85. The number of carbonyl (C=O) groups excluding carboxylic acids is 1. The summed E-state index contributed by atoms with van der Waals surface area (Å²) in [5.74, 6) is 1.06. The number of carbonyl (C=O) groups is 1. The second kappa shape index (κ2) is 8.71. The van der Waals surface area contributed by atoms with Crippen molar-refractivity contribution in [2.75, 3.05) is 5.75 Å². The quantitative estimate of drug-likeness (QED) is 0.449. The molecular formula is C22H23N5O2S. The van der Waals surface area contributed by atoms with Gasteiger partial charge in [0.15, 0.2) is 0 Å². The van der Waals surface area contributed by atoms with Gasteiger partial charge in [0.1, 0.15) is 16.3 Å². The van der Waals surface area contributed by atoms with Gasteiger partial charge in [-0.2, -0.15) is 10.2 Å². The molecule has 3 aromatic heterocycles. The van der Waals surface area contributed by atoms with Gasteiger partial charge in [0.25, 0.3) is 0 Å². The van der Waals surface area contributed by atoms with Crippen molar-refractivity contribution in [3.05, 3.63) is 65.9 Å². The summed E-state index contributed by atoms with van der Waals surface area (Å²) in [6.45, 7) is 6.58. The van der Waals surface area contributed by atoms with Crippen molar-refractivity contribution in [1.29, 1.82) is 0 Å². The fraction of sp³-hybridized carbons (Fsp3) is 0.273. The van der Waals surface area contributed by atoms with Crippen LogP contribution >= 0.6 is 11.8 Å². The lowest BCUT2D eigenvalue weighted by Crippen LogP contribution is -2.24. The number of hydrogen-bond donors (Lipinski definition) is 1. The summed E-state index contributed by atoms with van der Waals surface area (Å²) in [7, 11) is 0.